The molecule has 1 aliphatic rings. The second kappa shape index (κ2) is 4.74. The molecule has 1 N–H and O–H groups in total. The Balaban J connectivity index is 2.66. The SMILES string of the molecule is C=C(C)[C@H]1CC(=O)C(C)[C@H](CCO)C1. The average Bonchev–Trinajstić information content (AvgIpc) is 2.12. The molecule has 0 heterocycles. The topological polar surface area (TPSA) is 37.3 Å². The number of carbonyl (C=O) groups excluding carboxylic acids is 1. The van der Waals surface area contributed by atoms with E-state index >= 15 is 0 Å². The molecule has 0 aromatic heterocycles. The van der Waals surface area contributed by atoms with Gasteiger partial charge in [-0.1, -0.05) is 19.1 Å². The molecule has 80 valence electrons. The van der Waals surface area contributed by atoms with E-state index in [1.807, 2.05) is 13.8 Å². The summed E-state index contributed by atoms with van der Waals surface area (Å²) in [7, 11) is 0. The van der Waals surface area contributed by atoms with Crippen LogP contribution in [-0.2, 0) is 4.79 Å². The third kappa shape index (κ3) is 2.44. The van der Waals surface area contributed by atoms with E-state index in [4.69, 9.17) is 5.11 Å². The third-order valence-corrected chi connectivity index (χ3v) is 3.45. The van der Waals surface area contributed by atoms with Gasteiger partial charge in [0.25, 0.3) is 0 Å². The van der Waals surface area contributed by atoms with Crippen molar-refractivity contribution < 1.29 is 9.90 Å². The monoisotopic (exact) mass is 196 g/mol. The minimum Gasteiger partial charge on any atom is -0.396 e. The third-order valence-electron chi connectivity index (χ3n) is 3.45. The van der Waals surface area contributed by atoms with Gasteiger partial charge in [-0.15, -0.1) is 0 Å². The Morgan fingerprint density at radius 2 is 2.29 bits per heavy atom. The number of hydrogen-bond donors (Lipinski definition) is 1. The van der Waals surface area contributed by atoms with Crippen LogP contribution < -0.4 is 0 Å². The summed E-state index contributed by atoms with van der Waals surface area (Å²) in [4.78, 5) is 11.7. The summed E-state index contributed by atoms with van der Waals surface area (Å²) >= 11 is 0. The van der Waals surface area contributed by atoms with E-state index < -0.39 is 0 Å². The molecule has 0 bridgehead atoms. The standard InChI is InChI=1S/C12H20O2/c1-8(2)11-6-10(4-5-13)9(3)12(14)7-11/h9-11,13H,1,4-7H2,2-3H3/t9?,10-,11-/m1/s1. The van der Waals surface area contributed by atoms with Crippen molar-refractivity contribution in [1.29, 1.82) is 0 Å². The van der Waals surface area contributed by atoms with E-state index in [0.717, 1.165) is 18.4 Å². The normalized spacial score (nSPS) is 33.1. The molecule has 0 amide bonds. The van der Waals surface area contributed by atoms with Gasteiger partial charge in [0.1, 0.15) is 5.78 Å². The minimum absolute atomic E-state index is 0.123. The van der Waals surface area contributed by atoms with Gasteiger partial charge in [-0.2, -0.15) is 0 Å². The lowest BCUT2D eigenvalue weighted by Crippen LogP contribution is -2.32. The minimum atomic E-state index is 0.123. The fourth-order valence-corrected chi connectivity index (χ4v) is 2.25. The van der Waals surface area contributed by atoms with Gasteiger partial charge in [0, 0.05) is 18.9 Å². The molecule has 0 radical (unpaired) electrons. The lowest BCUT2D eigenvalue weighted by molar-refractivity contribution is -0.127. The van der Waals surface area contributed by atoms with Crippen LogP contribution in [0.4, 0.5) is 0 Å². The first-order valence-electron chi connectivity index (χ1n) is 5.35. The quantitative estimate of drug-likeness (QED) is 0.702. The van der Waals surface area contributed by atoms with E-state index in [0.29, 0.717) is 24.0 Å². The number of carbonyl (C=O) groups is 1. The highest BCUT2D eigenvalue weighted by Gasteiger charge is 2.33. The molecule has 2 nitrogen and oxygen atoms in total. The number of ketones is 1. The van der Waals surface area contributed by atoms with Crippen molar-refractivity contribution in [2.24, 2.45) is 17.8 Å². The lowest BCUT2D eigenvalue weighted by Gasteiger charge is -2.33. The zero-order chi connectivity index (χ0) is 10.7. The molecular formula is C12H20O2. The van der Waals surface area contributed by atoms with Crippen LogP contribution in [-0.4, -0.2) is 17.5 Å². The number of aliphatic hydroxyl groups excluding tert-OH is 1. The fourth-order valence-electron chi connectivity index (χ4n) is 2.25. The van der Waals surface area contributed by atoms with Crippen molar-refractivity contribution in [2.45, 2.75) is 33.1 Å². The van der Waals surface area contributed by atoms with Crippen LogP contribution >= 0.6 is 0 Å². The largest absolute Gasteiger partial charge is 0.396 e. The molecule has 2 heteroatoms. The maximum Gasteiger partial charge on any atom is 0.136 e. The molecule has 3 atom stereocenters. The van der Waals surface area contributed by atoms with Crippen LogP contribution in [0, 0.1) is 17.8 Å². The van der Waals surface area contributed by atoms with Gasteiger partial charge in [0.05, 0.1) is 0 Å². The van der Waals surface area contributed by atoms with Crippen LogP contribution in [0.3, 0.4) is 0 Å². The zero-order valence-electron chi connectivity index (χ0n) is 9.12. The molecule has 0 aromatic carbocycles. The first kappa shape index (κ1) is 11.4. The van der Waals surface area contributed by atoms with Gasteiger partial charge >= 0.3 is 0 Å². The molecule has 0 aliphatic heterocycles. The van der Waals surface area contributed by atoms with E-state index in [1.165, 1.54) is 0 Å². The van der Waals surface area contributed by atoms with Crippen molar-refractivity contribution in [3.8, 4) is 0 Å². The maximum atomic E-state index is 11.7. The summed E-state index contributed by atoms with van der Waals surface area (Å²) in [5, 5.41) is 8.91. The summed E-state index contributed by atoms with van der Waals surface area (Å²) < 4.78 is 0. The number of hydrogen-bond acceptors (Lipinski definition) is 2. The predicted molar refractivity (Wildman–Crippen MR) is 56.9 cm³/mol. The molecule has 14 heavy (non-hydrogen) atoms. The van der Waals surface area contributed by atoms with E-state index in [1.54, 1.807) is 0 Å². The Labute approximate surface area is 86.0 Å². The van der Waals surface area contributed by atoms with E-state index in [9.17, 15) is 4.79 Å². The summed E-state index contributed by atoms with van der Waals surface area (Å²) in [5.74, 6) is 1.15. The number of allylic oxidation sites excluding steroid dienone is 1. The molecule has 1 rings (SSSR count). The fraction of sp³-hybridized carbons (Fsp3) is 0.750. The lowest BCUT2D eigenvalue weighted by atomic mass is 9.71. The Hall–Kier alpha value is -0.630. The van der Waals surface area contributed by atoms with Crippen LogP contribution in [0.5, 0.6) is 0 Å². The second-order valence-electron chi connectivity index (χ2n) is 4.51. The smallest absolute Gasteiger partial charge is 0.136 e. The van der Waals surface area contributed by atoms with Crippen molar-refractivity contribution >= 4 is 5.78 Å². The predicted octanol–water partition coefficient (Wildman–Crippen LogP) is 2.18. The van der Waals surface area contributed by atoms with Crippen LogP contribution in [0.15, 0.2) is 12.2 Å². The first-order chi connectivity index (χ1) is 6.56. The van der Waals surface area contributed by atoms with Gasteiger partial charge in [0.2, 0.25) is 0 Å². The molecule has 1 aliphatic carbocycles. The van der Waals surface area contributed by atoms with Crippen molar-refractivity contribution in [3.05, 3.63) is 12.2 Å². The highest BCUT2D eigenvalue weighted by molar-refractivity contribution is 5.82. The highest BCUT2D eigenvalue weighted by atomic mass is 16.3. The summed E-state index contributed by atoms with van der Waals surface area (Å²) in [5.41, 5.74) is 1.10. The van der Waals surface area contributed by atoms with Crippen LogP contribution in [0.2, 0.25) is 0 Å². The highest BCUT2D eigenvalue weighted by Crippen LogP contribution is 2.36. The van der Waals surface area contributed by atoms with Gasteiger partial charge in [-0.3, -0.25) is 4.79 Å². The summed E-state index contributed by atoms with van der Waals surface area (Å²) in [6, 6.07) is 0. The average molecular weight is 196 g/mol. The van der Waals surface area contributed by atoms with Crippen molar-refractivity contribution in [1.82, 2.24) is 0 Å². The maximum absolute atomic E-state index is 11.7. The van der Waals surface area contributed by atoms with Crippen LogP contribution in [0.1, 0.15) is 33.1 Å². The van der Waals surface area contributed by atoms with Gasteiger partial charge in [-0.25, -0.2) is 0 Å². The van der Waals surface area contributed by atoms with Crippen molar-refractivity contribution in [3.63, 3.8) is 0 Å². The molecule has 0 saturated heterocycles. The molecular weight excluding hydrogens is 176 g/mol. The molecule has 0 aromatic rings. The number of rotatable bonds is 3. The van der Waals surface area contributed by atoms with E-state index in [2.05, 4.69) is 6.58 Å². The Morgan fingerprint density at radius 3 is 2.79 bits per heavy atom. The van der Waals surface area contributed by atoms with E-state index in [-0.39, 0.29) is 12.5 Å². The molecule has 0 spiro atoms. The number of aliphatic hydroxyl groups is 1. The van der Waals surface area contributed by atoms with Gasteiger partial charge in [0.15, 0.2) is 0 Å². The zero-order valence-corrected chi connectivity index (χ0v) is 9.12. The number of Topliss-reactive ketones (excluding diaryl/α,β-unsaturated/α-hetero) is 1. The Morgan fingerprint density at radius 1 is 1.64 bits per heavy atom. The summed E-state index contributed by atoms with van der Waals surface area (Å²) in [6.07, 6.45) is 2.41. The first-order valence-corrected chi connectivity index (χ1v) is 5.35. The molecule has 1 fully saturated rings. The van der Waals surface area contributed by atoms with Crippen LogP contribution in [0.25, 0.3) is 0 Å². The van der Waals surface area contributed by atoms with Crippen molar-refractivity contribution in [2.75, 3.05) is 6.61 Å². The Bertz CT molecular complexity index is 232. The Kier molecular flexibility index (Phi) is 3.87. The molecule has 1 unspecified atom stereocenters. The van der Waals surface area contributed by atoms with Gasteiger partial charge < -0.3 is 5.11 Å². The second-order valence-corrected chi connectivity index (χ2v) is 4.51. The molecule has 1 saturated carbocycles. The van der Waals surface area contributed by atoms with Gasteiger partial charge in [-0.05, 0) is 31.6 Å². The summed E-state index contributed by atoms with van der Waals surface area (Å²) in [6.45, 7) is 8.08.